The van der Waals surface area contributed by atoms with Crippen LogP contribution in [-0.2, 0) is 6.61 Å². The summed E-state index contributed by atoms with van der Waals surface area (Å²) in [6.45, 7) is 1.63. The van der Waals surface area contributed by atoms with E-state index < -0.39 is 18.0 Å². The van der Waals surface area contributed by atoms with Gasteiger partial charge in [0.05, 0.1) is 6.61 Å². The lowest BCUT2D eigenvalue weighted by Gasteiger charge is -2.11. The Morgan fingerprint density at radius 3 is 2.39 bits per heavy atom. The molecule has 0 radical (unpaired) electrons. The van der Waals surface area contributed by atoms with Crippen LogP contribution in [0.2, 0.25) is 0 Å². The average Bonchev–Trinajstić information content (AvgIpc) is 2.48. The SMILES string of the molecule is Cc1ccc(CO)cc1NC(=O)c1ccc(OC(F)(F)F)cc1. The van der Waals surface area contributed by atoms with E-state index in [2.05, 4.69) is 10.1 Å². The van der Waals surface area contributed by atoms with Crippen molar-refractivity contribution < 1.29 is 27.8 Å². The van der Waals surface area contributed by atoms with Crippen LogP contribution >= 0.6 is 0 Å². The molecule has 1 amide bonds. The van der Waals surface area contributed by atoms with Gasteiger partial charge in [0, 0.05) is 11.3 Å². The van der Waals surface area contributed by atoms with Crippen LogP contribution in [-0.4, -0.2) is 17.4 Å². The summed E-state index contributed by atoms with van der Waals surface area (Å²) in [5, 5.41) is 11.8. The number of anilines is 1. The molecule has 2 aromatic rings. The number of aryl methyl sites for hydroxylation is 1. The maximum Gasteiger partial charge on any atom is 0.573 e. The standard InChI is InChI=1S/C16H14F3NO3/c1-10-2-3-11(9-21)8-14(10)20-15(22)12-4-6-13(7-5-12)23-16(17,18)19/h2-8,21H,9H2,1H3,(H,20,22). The molecule has 23 heavy (non-hydrogen) atoms. The molecule has 0 atom stereocenters. The molecule has 0 aliphatic rings. The summed E-state index contributed by atoms with van der Waals surface area (Å²) >= 11 is 0. The number of halogens is 3. The first kappa shape index (κ1) is 16.8. The van der Waals surface area contributed by atoms with Crippen LogP contribution in [0, 0.1) is 6.92 Å². The van der Waals surface area contributed by atoms with E-state index in [4.69, 9.17) is 5.11 Å². The van der Waals surface area contributed by atoms with E-state index in [0.717, 1.165) is 17.7 Å². The normalized spacial score (nSPS) is 11.2. The van der Waals surface area contributed by atoms with Crippen molar-refractivity contribution in [3.05, 3.63) is 59.2 Å². The quantitative estimate of drug-likeness (QED) is 0.902. The highest BCUT2D eigenvalue weighted by atomic mass is 19.4. The Hall–Kier alpha value is -2.54. The zero-order valence-electron chi connectivity index (χ0n) is 12.1. The summed E-state index contributed by atoms with van der Waals surface area (Å²) < 4.78 is 40.0. The van der Waals surface area contributed by atoms with Gasteiger partial charge in [-0.2, -0.15) is 0 Å². The third-order valence-corrected chi connectivity index (χ3v) is 3.08. The molecule has 7 heteroatoms. The van der Waals surface area contributed by atoms with Gasteiger partial charge in [0.2, 0.25) is 0 Å². The highest BCUT2D eigenvalue weighted by Gasteiger charge is 2.31. The van der Waals surface area contributed by atoms with E-state index >= 15 is 0 Å². The lowest BCUT2D eigenvalue weighted by atomic mass is 10.1. The van der Waals surface area contributed by atoms with E-state index in [1.165, 1.54) is 12.1 Å². The Morgan fingerprint density at radius 2 is 1.83 bits per heavy atom. The first-order chi connectivity index (χ1) is 10.8. The van der Waals surface area contributed by atoms with Gasteiger partial charge in [0.25, 0.3) is 5.91 Å². The van der Waals surface area contributed by atoms with Crippen molar-refractivity contribution in [1.29, 1.82) is 0 Å². The first-order valence-corrected chi connectivity index (χ1v) is 6.66. The maximum atomic E-state index is 12.1. The Morgan fingerprint density at radius 1 is 1.17 bits per heavy atom. The fraction of sp³-hybridized carbons (Fsp3) is 0.188. The minimum Gasteiger partial charge on any atom is -0.406 e. The van der Waals surface area contributed by atoms with Crippen molar-refractivity contribution in [1.82, 2.24) is 0 Å². The van der Waals surface area contributed by atoms with E-state index in [0.29, 0.717) is 11.3 Å². The van der Waals surface area contributed by atoms with Crippen LogP contribution in [0.15, 0.2) is 42.5 Å². The number of nitrogens with one attached hydrogen (secondary N) is 1. The smallest absolute Gasteiger partial charge is 0.406 e. The number of aliphatic hydroxyl groups is 1. The highest BCUT2D eigenvalue weighted by molar-refractivity contribution is 6.04. The highest BCUT2D eigenvalue weighted by Crippen LogP contribution is 2.23. The molecule has 0 saturated carbocycles. The molecular formula is C16H14F3NO3. The van der Waals surface area contributed by atoms with Gasteiger partial charge in [-0.3, -0.25) is 4.79 Å². The predicted octanol–water partition coefficient (Wildman–Crippen LogP) is 3.64. The monoisotopic (exact) mass is 325 g/mol. The van der Waals surface area contributed by atoms with Gasteiger partial charge in [-0.15, -0.1) is 13.2 Å². The van der Waals surface area contributed by atoms with Crippen LogP contribution in [0.5, 0.6) is 5.75 Å². The number of ether oxygens (including phenoxy) is 1. The Bertz CT molecular complexity index is 697. The number of amides is 1. The van der Waals surface area contributed by atoms with Gasteiger partial charge < -0.3 is 15.2 Å². The number of aliphatic hydroxyl groups excluding tert-OH is 1. The number of rotatable bonds is 4. The largest absolute Gasteiger partial charge is 0.573 e. The summed E-state index contributed by atoms with van der Waals surface area (Å²) in [7, 11) is 0. The van der Waals surface area contributed by atoms with Gasteiger partial charge in [-0.25, -0.2) is 0 Å². The van der Waals surface area contributed by atoms with Crippen molar-refractivity contribution in [2.45, 2.75) is 19.9 Å². The summed E-state index contributed by atoms with van der Waals surface area (Å²) in [5.74, 6) is -0.866. The molecule has 2 aromatic carbocycles. The van der Waals surface area contributed by atoms with Crippen molar-refractivity contribution in [3.63, 3.8) is 0 Å². The molecule has 2 N–H and O–H groups in total. The molecule has 0 heterocycles. The molecular weight excluding hydrogens is 311 g/mol. The molecule has 2 rings (SSSR count). The number of alkyl halides is 3. The fourth-order valence-electron chi connectivity index (χ4n) is 1.90. The molecule has 0 spiro atoms. The van der Waals surface area contributed by atoms with E-state index in [1.807, 2.05) is 0 Å². The van der Waals surface area contributed by atoms with Gasteiger partial charge in [-0.05, 0) is 48.4 Å². The van der Waals surface area contributed by atoms with Crippen molar-refractivity contribution >= 4 is 11.6 Å². The minimum absolute atomic E-state index is 0.160. The summed E-state index contributed by atoms with van der Waals surface area (Å²) in [4.78, 5) is 12.1. The van der Waals surface area contributed by atoms with Gasteiger partial charge in [0.15, 0.2) is 0 Å². The molecule has 0 aliphatic carbocycles. The van der Waals surface area contributed by atoms with Crippen LogP contribution in [0.4, 0.5) is 18.9 Å². The zero-order chi connectivity index (χ0) is 17.0. The van der Waals surface area contributed by atoms with Crippen molar-refractivity contribution in [2.24, 2.45) is 0 Å². The maximum absolute atomic E-state index is 12.1. The number of benzene rings is 2. The van der Waals surface area contributed by atoms with Crippen molar-refractivity contribution in [2.75, 3.05) is 5.32 Å². The molecule has 0 unspecified atom stereocenters. The van der Waals surface area contributed by atoms with Gasteiger partial charge >= 0.3 is 6.36 Å². The van der Waals surface area contributed by atoms with Crippen LogP contribution < -0.4 is 10.1 Å². The number of carbonyl (C=O) groups excluding carboxylic acids is 1. The Kier molecular flexibility index (Phi) is 4.90. The molecule has 4 nitrogen and oxygen atoms in total. The third kappa shape index (κ3) is 4.72. The number of carbonyl (C=O) groups is 1. The van der Waals surface area contributed by atoms with Gasteiger partial charge in [-0.1, -0.05) is 12.1 Å². The van der Waals surface area contributed by atoms with E-state index in [1.54, 1.807) is 25.1 Å². The lowest BCUT2D eigenvalue weighted by Crippen LogP contribution is -2.17. The van der Waals surface area contributed by atoms with Crippen LogP contribution in [0.1, 0.15) is 21.5 Å². The van der Waals surface area contributed by atoms with Gasteiger partial charge in [0.1, 0.15) is 5.75 Å². The Balaban J connectivity index is 2.12. The fourth-order valence-corrected chi connectivity index (χ4v) is 1.90. The number of hydrogen-bond donors (Lipinski definition) is 2. The van der Waals surface area contributed by atoms with Crippen molar-refractivity contribution in [3.8, 4) is 5.75 Å². The topological polar surface area (TPSA) is 58.6 Å². The molecule has 0 aromatic heterocycles. The lowest BCUT2D eigenvalue weighted by molar-refractivity contribution is -0.274. The molecule has 122 valence electrons. The molecule has 0 fully saturated rings. The second-order valence-electron chi connectivity index (χ2n) is 4.83. The summed E-state index contributed by atoms with van der Waals surface area (Å²) in [6.07, 6.45) is -4.77. The van der Waals surface area contributed by atoms with Crippen LogP contribution in [0.3, 0.4) is 0 Å². The zero-order valence-corrected chi connectivity index (χ0v) is 12.1. The van der Waals surface area contributed by atoms with E-state index in [9.17, 15) is 18.0 Å². The second-order valence-corrected chi connectivity index (χ2v) is 4.83. The summed E-state index contributed by atoms with van der Waals surface area (Å²) in [5.41, 5.74) is 2.15. The van der Waals surface area contributed by atoms with E-state index in [-0.39, 0.29) is 12.2 Å². The second kappa shape index (κ2) is 6.70. The number of hydrogen-bond acceptors (Lipinski definition) is 3. The Labute approximate surface area is 130 Å². The third-order valence-electron chi connectivity index (χ3n) is 3.08. The average molecular weight is 325 g/mol. The molecule has 0 aliphatic heterocycles. The predicted molar refractivity (Wildman–Crippen MR) is 78.2 cm³/mol. The molecule has 0 bridgehead atoms. The molecule has 0 saturated heterocycles. The minimum atomic E-state index is -4.77. The van der Waals surface area contributed by atoms with Crippen LogP contribution in [0.25, 0.3) is 0 Å². The first-order valence-electron chi connectivity index (χ1n) is 6.66. The summed E-state index contributed by atoms with van der Waals surface area (Å²) in [6, 6.07) is 9.73.